The second-order valence-corrected chi connectivity index (χ2v) is 7.44. The zero-order valence-electron chi connectivity index (χ0n) is 14.6. The first-order valence-electron chi connectivity index (χ1n) is 9.30. The third-order valence-corrected chi connectivity index (χ3v) is 5.96. The molecule has 2 heterocycles. The van der Waals surface area contributed by atoms with Gasteiger partial charge in [-0.25, -0.2) is 4.99 Å². The fourth-order valence-corrected chi connectivity index (χ4v) is 4.71. The van der Waals surface area contributed by atoms with Crippen molar-refractivity contribution in [3.8, 4) is 6.07 Å². The van der Waals surface area contributed by atoms with Gasteiger partial charge in [-0.05, 0) is 22.3 Å². The standard InChI is InChI=1S/C22H17N3O2/c23-11-16(21-24-19-14-7-3-1-5-12(14)9-17(19)26-21)22-25-20-15-8-4-2-6-13(15)10-18(20)27-22/h1-8,17-20,24H,9-10H2/b21-16+/t17-,18-,19+,20+/m1/s1. The molecule has 0 bridgehead atoms. The van der Waals surface area contributed by atoms with Crippen molar-refractivity contribution in [2.45, 2.75) is 37.1 Å². The Hall–Kier alpha value is -3.26. The summed E-state index contributed by atoms with van der Waals surface area (Å²) in [7, 11) is 0. The Kier molecular flexibility index (Phi) is 2.96. The van der Waals surface area contributed by atoms with Gasteiger partial charge in [-0.3, -0.25) is 0 Å². The fourth-order valence-electron chi connectivity index (χ4n) is 4.71. The quantitative estimate of drug-likeness (QED) is 0.798. The highest BCUT2D eigenvalue weighted by Gasteiger charge is 2.44. The Morgan fingerprint density at radius 3 is 2.48 bits per heavy atom. The van der Waals surface area contributed by atoms with Gasteiger partial charge in [0.05, 0.1) is 6.04 Å². The first kappa shape index (κ1) is 14.9. The molecule has 2 aromatic carbocycles. The van der Waals surface area contributed by atoms with Gasteiger partial charge < -0.3 is 14.8 Å². The van der Waals surface area contributed by atoms with Crippen LogP contribution in [0.2, 0.25) is 0 Å². The van der Waals surface area contributed by atoms with Crippen LogP contribution in [0.1, 0.15) is 34.3 Å². The van der Waals surface area contributed by atoms with E-state index < -0.39 is 0 Å². The smallest absolute Gasteiger partial charge is 0.233 e. The van der Waals surface area contributed by atoms with Crippen LogP contribution in [0.25, 0.3) is 0 Å². The molecule has 5 nitrogen and oxygen atoms in total. The lowest BCUT2D eigenvalue weighted by Gasteiger charge is -2.10. The molecular formula is C22H17N3O2. The average molecular weight is 355 g/mol. The molecular weight excluding hydrogens is 338 g/mol. The molecule has 6 rings (SSSR count). The van der Waals surface area contributed by atoms with Crippen LogP contribution in [-0.2, 0) is 22.3 Å². The van der Waals surface area contributed by atoms with E-state index in [-0.39, 0.29) is 24.3 Å². The number of nitrogens with zero attached hydrogens (tertiary/aromatic N) is 2. The van der Waals surface area contributed by atoms with Crippen molar-refractivity contribution in [1.29, 1.82) is 5.26 Å². The van der Waals surface area contributed by atoms with Gasteiger partial charge in [0.2, 0.25) is 11.8 Å². The Morgan fingerprint density at radius 2 is 1.67 bits per heavy atom. The number of hydrogen-bond donors (Lipinski definition) is 1. The maximum absolute atomic E-state index is 9.78. The molecule has 132 valence electrons. The molecule has 2 aromatic rings. The zero-order valence-corrected chi connectivity index (χ0v) is 14.6. The van der Waals surface area contributed by atoms with Crippen LogP contribution in [0.5, 0.6) is 0 Å². The summed E-state index contributed by atoms with van der Waals surface area (Å²) in [5.74, 6) is 0.895. The van der Waals surface area contributed by atoms with E-state index in [0.717, 1.165) is 12.8 Å². The van der Waals surface area contributed by atoms with Gasteiger partial charge in [0, 0.05) is 12.8 Å². The number of hydrogen-bond acceptors (Lipinski definition) is 5. The van der Waals surface area contributed by atoms with Crippen LogP contribution >= 0.6 is 0 Å². The Labute approximate surface area is 156 Å². The fraction of sp³-hybridized carbons (Fsp3) is 0.273. The highest BCUT2D eigenvalue weighted by molar-refractivity contribution is 5.99. The molecule has 0 saturated carbocycles. The Balaban J connectivity index is 1.34. The Morgan fingerprint density at radius 1 is 0.963 bits per heavy atom. The molecule has 0 unspecified atom stereocenters. The average Bonchev–Trinajstić information content (AvgIpc) is 3.41. The maximum Gasteiger partial charge on any atom is 0.233 e. The van der Waals surface area contributed by atoms with Gasteiger partial charge in [0.15, 0.2) is 5.57 Å². The van der Waals surface area contributed by atoms with E-state index in [2.05, 4.69) is 41.7 Å². The minimum absolute atomic E-state index is 0.0166. The van der Waals surface area contributed by atoms with Crippen molar-refractivity contribution >= 4 is 5.90 Å². The second kappa shape index (κ2) is 5.37. The van der Waals surface area contributed by atoms with Crippen molar-refractivity contribution in [2.75, 3.05) is 0 Å². The monoisotopic (exact) mass is 355 g/mol. The van der Waals surface area contributed by atoms with Gasteiger partial charge in [-0.2, -0.15) is 5.26 Å². The van der Waals surface area contributed by atoms with Crippen molar-refractivity contribution in [3.63, 3.8) is 0 Å². The summed E-state index contributed by atoms with van der Waals surface area (Å²) in [5.41, 5.74) is 5.40. The molecule has 4 aliphatic rings. The number of aliphatic imine (C=N–C) groups is 1. The molecule has 2 aliphatic carbocycles. The van der Waals surface area contributed by atoms with Crippen molar-refractivity contribution in [2.24, 2.45) is 4.99 Å². The molecule has 1 fully saturated rings. The molecule has 0 radical (unpaired) electrons. The lowest BCUT2D eigenvalue weighted by molar-refractivity contribution is 0.156. The lowest BCUT2D eigenvalue weighted by atomic mass is 10.1. The SMILES string of the molecule is N#C/C(C1=N[C@H]2c3ccccc3C[C@H]2O1)=C1/N[C@H]2c3ccccc3C[C@H]2O1. The van der Waals surface area contributed by atoms with E-state index in [0.29, 0.717) is 17.4 Å². The minimum atomic E-state index is -0.0261. The molecule has 2 aliphatic heterocycles. The first-order chi connectivity index (χ1) is 13.3. The maximum atomic E-state index is 9.78. The van der Waals surface area contributed by atoms with Gasteiger partial charge in [0.1, 0.15) is 24.3 Å². The van der Waals surface area contributed by atoms with Crippen molar-refractivity contribution < 1.29 is 9.47 Å². The highest BCUT2D eigenvalue weighted by atomic mass is 16.5. The third kappa shape index (κ3) is 2.07. The van der Waals surface area contributed by atoms with Gasteiger partial charge in [-0.15, -0.1) is 0 Å². The lowest BCUT2D eigenvalue weighted by Crippen LogP contribution is -2.19. The summed E-state index contributed by atoms with van der Waals surface area (Å²) < 4.78 is 12.2. The molecule has 4 atom stereocenters. The predicted molar refractivity (Wildman–Crippen MR) is 98.7 cm³/mol. The van der Waals surface area contributed by atoms with Crippen LogP contribution in [-0.4, -0.2) is 18.1 Å². The number of rotatable bonds is 1. The van der Waals surface area contributed by atoms with Crippen LogP contribution in [0.4, 0.5) is 0 Å². The zero-order chi connectivity index (χ0) is 18.0. The third-order valence-electron chi connectivity index (χ3n) is 5.96. The molecule has 1 saturated heterocycles. The molecule has 0 spiro atoms. The number of nitrogens with one attached hydrogen (secondary N) is 1. The van der Waals surface area contributed by atoms with Gasteiger partial charge >= 0.3 is 0 Å². The number of fused-ring (bicyclic) bond motifs is 6. The number of ether oxygens (including phenoxy) is 2. The Bertz CT molecular complexity index is 1070. The number of benzene rings is 2. The molecule has 0 amide bonds. The first-order valence-corrected chi connectivity index (χ1v) is 9.30. The molecule has 5 heteroatoms. The van der Waals surface area contributed by atoms with Crippen LogP contribution in [0.15, 0.2) is 65.0 Å². The van der Waals surface area contributed by atoms with E-state index >= 15 is 0 Å². The highest BCUT2D eigenvalue weighted by Crippen LogP contribution is 2.43. The summed E-state index contributed by atoms with van der Waals surface area (Å²) in [6.07, 6.45) is 1.67. The van der Waals surface area contributed by atoms with Gasteiger partial charge in [-0.1, -0.05) is 48.5 Å². The summed E-state index contributed by atoms with van der Waals surface area (Å²) in [4.78, 5) is 4.74. The largest absolute Gasteiger partial charge is 0.472 e. The second-order valence-electron chi connectivity index (χ2n) is 7.44. The van der Waals surface area contributed by atoms with Crippen LogP contribution in [0.3, 0.4) is 0 Å². The normalized spacial score (nSPS) is 30.7. The minimum Gasteiger partial charge on any atom is -0.472 e. The number of nitriles is 1. The molecule has 27 heavy (non-hydrogen) atoms. The summed E-state index contributed by atoms with van der Waals surface area (Å²) in [5, 5.41) is 13.2. The van der Waals surface area contributed by atoms with Crippen LogP contribution in [0, 0.1) is 11.3 Å². The van der Waals surface area contributed by atoms with E-state index in [1.807, 2.05) is 18.2 Å². The van der Waals surface area contributed by atoms with E-state index in [1.54, 1.807) is 0 Å². The topological polar surface area (TPSA) is 66.6 Å². The summed E-state index contributed by atoms with van der Waals surface area (Å²) in [6, 6.07) is 18.9. The van der Waals surface area contributed by atoms with E-state index in [1.165, 1.54) is 22.3 Å². The van der Waals surface area contributed by atoms with Gasteiger partial charge in [0.25, 0.3) is 0 Å². The predicted octanol–water partition coefficient (Wildman–Crippen LogP) is 3.10. The summed E-state index contributed by atoms with van der Waals surface area (Å²) in [6.45, 7) is 0. The van der Waals surface area contributed by atoms with E-state index in [9.17, 15) is 5.26 Å². The van der Waals surface area contributed by atoms with Crippen molar-refractivity contribution in [1.82, 2.24) is 5.32 Å². The van der Waals surface area contributed by atoms with Crippen molar-refractivity contribution in [3.05, 3.63) is 82.2 Å². The van der Waals surface area contributed by atoms with Crippen LogP contribution < -0.4 is 5.32 Å². The summed E-state index contributed by atoms with van der Waals surface area (Å²) >= 11 is 0. The van der Waals surface area contributed by atoms with E-state index in [4.69, 9.17) is 14.5 Å². The molecule has 0 aromatic heterocycles. The molecule has 1 N–H and O–H groups in total.